The number of alkyl halides is 3. The van der Waals surface area contributed by atoms with Crippen molar-refractivity contribution in [1.29, 1.82) is 0 Å². The van der Waals surface area contributed by atoms with E-state index in [9.17, 15) is 22.4 Å². The van der Waals surface area contributed by atoms with Crippen LogP contribution in [-0.2, 0) is 10.9 Å². The molecule has 1 rings (SSSR count). The van der Waals surface area contributed by atoms with E-state index in [4.69, 9.17) is 4.74 Å². The summed E-state index contributed by atoms with van der Waals surface area (Å²) in [5.41, 5.74) is -2.03. The second-order valence-electron chi connectivity index (χ2n) is 4.75. The van der Waals surface area contributed by atoms with Crippen LogP contribution in [0.2, 0.25) is 0 Å². The van der Waals surface area contributed by atoms with Crippen LogP contribution in [0.5, 0.6) is 0 Å². The highest BCUT2D eigenvalue weighted by atomic mass is 19.4. The Morgan fingerprint density at radius 1 is 1.33 bits per heavy atom. The number of nitrogens with zero attached hydrogens (tertiary/aromatic N) is 1. The number of hydrogen-bond acceptors (Lipinski definition) is 2. The van der Waals surface area contributed by atoms with Crippen molar-refractivity contribution in [3.8, 4) is 0 Å². The molecule has 0 N–H and O–H groups in total. The first-order valence-corrected chi connectivity index (χ1v) is 6.35. The third-order valence-corrected chi connectivity index (χ3v) is 2.96. The van der Waals surface area contributed by atoms with Gasteiger partial charge in [0.2, 0.25) is 0 Å². The zero-order chi connectivity index (χ0) is 16.2. The molecule has 0 heterocycles. The molecule has 0 aliphatic rings. The molecular weight excluding hydrogens is 290 g/mol. The van der Waals surface area contributed by atoms with E-state index in [1.165, 1.54) is 12.0 Å². The van der Waals surface area contributed by atoms with Crippen molar-refractivity contribution in [3.63, 3.8) is 0 Å². The predicted molar refractivity (Wildman–Crippen MR) is 69.5 cm³/mol. The molecular formula is C14H17F4NO2. The normalized spacial score (nSPS) is 11.8. The van der Waals surface area contributed by atoms with Gasteiger partial charge in [-0.15, -0.1) is 0 Å². The molecule has 118 valence electrons. The molecule has 0 aromatic heterocycles. The standard InChI is InChI=1S/C14H17F4NO2/c1-9(2)19(7-8-21-3)13(20)10-5-4-6-11(12(10)15)14(16,17)18/h4-6,9H,7-8H2,1-3H3. The third kappa shape index (κ3) is 4.17. The van der Waals surface area contributed by atoms with E-state index in [-0.39, 0.29) is 19.2 Å². The summed E-state index contributed by atoms with van der Waals surface area (Å²) in [6.07, 6.45) is -4.84. The van der Waals surface area contributed by atoms with E-state index in [2.05, 4.69) is 0 Å². The van der Waals surface area contributed by atoms with E-state index in [1.807, 2.05) is 0 Å². The number of amides is 1. The zero-order valence-electron chi connectivity index (χ0n) is 12.0. The maximum Gasteiger partial charge on any atom is 0.419 e. The van der Waals surface area contributed by atoms with Gasteiger partial charge in [-0.3, -0.25) is 4.79 Å². The fourth-order valence-corrected chi connectivity index (χ4v) is 1.85. The summed E-state index contributed by atoms with van der Waals surface area (Å²) in [7, 11) is 1.44. The highest BCUT2D eigenvalue weighted by Gasteiger charge is 2.36. The number of halogens is 4. The van der Waals surface area contributed by atoms with Crippen LogP contribution >= 0.6 is 0 Å². The van der Waals surface area contributed by atoms with Crippen molar-refractivity contribution in [1.82, 2.24) is 4.90 Å². The van der Waals surface area contributed by atoms with Gasteiger partial charge in [-0.05, 0) is 26.0 Å². The molecule has 0 aliphatic heterocycles. The molecule has 0 saturated heterocycles. The van der Waals surface area contributed by atoms with Crippen LogP contribution in [0.4, 0.5) is 17.6 Å². The quantitative estimate of drug-likeness (QED) is 0.781. The molecule has 1 aromatic rings. The summed E-state index contributed by atoms with van der Waals surface area (Å²) in [5.74, 6) is -2.33. The van der Waals surface area contributed by atoms with Gasteiger partial charge in [0.25, 0.3) is 5.91 Å². The lowest BCUT2D eigenvalue weighted by atomic mass is 10.1. The lowest BCUT2D eigenvalue weighted by molar-refractivity contribution is -0.140. The van der Waals surface area contributed by atoms with Gasteiger partial charge >= 0.3 is 6.18 Å². The average molecular weight is 307 g/mol. The summed E-state index contributed by atoms with van der Waals surface area (Å²) in [5, 5.41) is 0. The van der Waals surface area contributed by atoms with Crippen LogP contribution in [-0.4, -0.2) is 37.1 Å². The monoisotopic (exact) mass is 307 g/mol. The largest absolute Gasteiger partial charge is 0.419 e. The van der Waals surface area contributed by atoms with Crippen molar-refractivity contribution >= 4 is 5.91 Å². The highest BCUT2D eigenvalue weighted by Crippen LogP contribution is 2.32. The Morgan fingerprint density at radius 3 is 2.43 bits per heavy atom. The van der Waals surface area contributed by atoms with Crippen molar-refractivity contribution in [2.75, 3.05) is 20.3 Å². The average Bonchev–Trinajstić information content (AvgIpc) is 2.37. The lowest BCUT2D eigenvalue weighted by Crippen LogP contribution is -2.39. The number of carbonyl (C=O) groups is 1. The zero-order valence-corrected chi connectivity index (χ0v) is 12.0. The first-order chi connectivity index (χ1) is 9.70. The van der Waals surface area contributed by atoms with Crippen LogP contribution in [0, 0.1) is 5.82 Å². The van der Waals surface area contributed by atoms with E-state index in [1.54, 1.807) is 13.8 Å². The Bertz CT molecular complexity index is 500. The molecule has 21 heavy (non-hydrogen) atoms. The van der Waals surface area contributed by atoms with Crippen LogP contribution in [0.3, 0.4) is 0 Å². The second-order valence-corrected chi connectivity index (χ2v) is 4.75. The number of hydrogen-bond donors (Lipinski definition) is 0. The Kier molecular flexibility index (Phi) is 5.71. The topological polar surface area (TPSA) is 29.5 Å². The molecule has 7 heteroatoms. The number of ether oxygens (including phenoxy) is 1. The van der Waals surface area contributed by atoms with Crippen LogP contribution in [0.25, 0.3) is 0 Å². The van der Waals surface area contributed by atoms with Crippen LogP contribution in [0.15, 0.2) is 18.2 Å². The predicted octanol–water partition coefficient (Wildman–Crippen LogP) is 3.34. The summed E-state index contributed by atoms with van der Waals surface area (Å²) >= 11 is 0. The van der Waals surface area contributed by atoms with Gasteiger partial charge in [0, 0.05) is 19.7 Å². The molecule has 1 aromatic carbocycles. The minimum atomic E-state index is -4.84. The van der Waals surface area contributed by atoms with Crippen molar-refractivity contribution in [3.05, 3.63) is 35.1 Å². The maximum atomic E-state index is 14.0. The molecule has 0 fully saturated rings. The van der Waals surface area contributed by atoms with Gasteiger partial charge in [-0.1, -0.05) is 6.07 Å². The van der Waals surface area contributed by atoms with Gasteiger partial charge in [-0.25, -0.2) is 4.39 Å². The second kappa shape index (κ2) is 6.89. The fourth-order valence-electron chi connectivity index (χ4n) is 1.85. The Morgan fingerprint density at radius 2 is 1.95 bits per heavy atom. The molecule has 0 spiro atoms. The Labute approximate surface area is 120 Å². The number of benzene rings is 1. The molecule has 0 atom stereocenters. The Hall–Kier alpha value is -1.63. The van der Waals surface area contributed by atoms with Crippen molar-refractivity contribution in [2.24, 2.45) is 0 Å². The molecule has 0 aliphatic carbocycles. The molecule has 3 nitrogen and oxygen atoms in total. The molecule has 0 bridgehead atoms. The molecule has 0 saturated carbocycles. The minimum Gasteiger partial charge on any atom is -0.383 e. The van der Waals surface area contributed by atoms with Gasteiger partial charge in [0.15, 0.2) is 0 Å². The van der Waals surface area contributed by atoms with Gasteiger partial charge in [0.05, 0.1) is 17.7 Å². The molecule has 0 radical (unpaired) electrons. The summed E-state index contributed by atoms with van der Waals surface area (Å²) in [6, 6.07) is 2.39. The maximum absolute atomic E-state index is 14.0. The minimum absolute atomic E-state index is 0.169. The Balaban J connectivity index is 3.17. The number of methoxy groups -OCH3 is 1. The van der Waals surface area contributed by atoms with Crippen LogP contribution < -0.4 is 0 Å². The van der Waals surface area contributed by atoms with Gasteiger partial charge < -0.3 is 9.64 Å². The van der Waals surface area contributed by atoms with E-state index >= 15 is 0 Å². The van der Waals surface area contributed by atoms with Crippen LogP contribution in [0.1, 0.15) is 29.8 Å². The first-order valence-electron chi connectivity index (χ1n) is 6.35. The third-order valence-electron chi connectivity index (χ3n) is 2.96. The highest BCUT2D eigenvalue weighted by molar-refractivity contribution is 5.95. The summed E-state index contributed by atoms with van der Waals surface area (Å²) < 4.78 is 56.8. The first kappa shape index (κ1) is 17.4. The summed E-state index contributed by atoms with van der Waals surface area (Å²) in [6.45, 7) is 3.77. The number of rotatable bonds is 5. The molecule has 1 amide bonds. The van der Waals surface area contributed by atoms with E-state index in [0.717, 1.165) is 12.1 Å². The van der Waals surface area contributed by atoms with E-state index in [0.29, 0.717) is 6.07 Å². The van der Waals surface area contributed by atoms with Gasteiger partial charge in [0.1, 0.15) is 5.82 Å². The lowest BCUT2D eigenvalue weighted by Gasteiger charge is -2.27. The SMILES string of the molecule is COCCN(C(=O)c1cccc(C(F)(F)F)c1F)C(C)C. The smallest absolute Gasteiger partial charge is 0.383 e. The van der Waals surface area contributed by atoms with E-state index < -0.39 is 29.0 Å². The fraction of sp³-hybridized carbons (Fsp3) is 0.500. The molecule has 0 unspecified atom stereocenters. The number of carbonyl (C=O) groups excluding carboxylic acids is 1. The van der Waals surface area contributed by atoms with Gasteiger partial charge in [-0.2, -0.15) is 13.2 Å². The summed E-state index contributed by atoms with van der Waals surface area (Å²) in [4.78, 5) is 13.5. The van der Waals surface area contributed by atoms with Crippen molar-refractivity contribution < 1.29 is 27.1 Å². The van der Waals surface area contributed by atoms with Crippen molar-refractivity contribution in [2.45, 2.75) is 26.1 Å².